The van der Waals surface area contributed by atoms with Crippen LogP contribution in [0.3, 0.4) is 0 Å². The van der Waals surface area contributed by atoms with Crippen molar-refractivity contribution in [3.63, 3.8) is 0 Å². The molecule has 1 aromatic heterocycles. The quantitative estimate of drug-likeness (QED) is 0.574. The van der Waals surface area contributed by atoms with Gasteiger partial charge in [-0.25, -0.2) is 9.98 Å². The number of halogens is 1. The van der Waals surface area contributed by atoms with Gasteiger partial charge in [-0.15, -0.1) is 12.4 Å². The summed E-state index contributed by atoms with van der Waals surface area (Å²) in [5, 5.41) is 0. The SMILES string of the molecule is CC(N=C=NCCCN(C)C)c1cc(N(C)C)ccn1.Cl. The molecule has 0 saturated carbocycles. The van der Waals surface area contributed by atoms with Crippen molar-refractivity contribution in [2.75, 3.05) is 46.2 Å². The van der Waals surface area contributed by atoms with Gasteiger partial charge in [0.1, 0.15) is 6.04 Å². The lowest BCUT2D eigenvalue weighted by Gasteiger charge is -2.13. The fourth-order valence-corrected chi connectivity index (χ4v) is 1.65. The molecule has 0 spiro atoms. The van der Waals surface area contributed by atoms with Gasteiger partial charge in [-0.3, -0.25) is 4.98 Å². The maximum Gasteiger partial charge on any atom is 0.100 e. The normalized spacial score (nSPS) is 11.3. The van der Waals surface area contributed by atoms with Crippen LogP contribution in [0.4, 0.5) is 5.69 Å². The van der Waals surface area contributed by atoms with Gasteiger partial charge in [-0.05, 0) is 46.1 Å². The van der Waals surface area contributed by atoms with Gasteiger partial charge in [0.15, 0.2) is 0 Å². The van der Waals surface area contributed by atoms with Crippen molar-refractivity contribution >= 4 is 24.1 Å². The van der Waals surface area contributed by atoms with Crippen molar-refractivity contribution in [1.29, 1.82) is 0 Å². The molecule has 118 valence electrons. The minimum atomic E-state index is -0.0208. The monoisotopic (exact) mass is 311 g/mol. The summed E-state index contributed by atoms with van der Waals surface area (Å²) in [6, 6.07) is 6.79. The second-order valence-electron chi connectivity index (χ2n) is 5.28. The fourth-order valence-electron chi connectivity index (χ4n) is 1.65. The zero-order valence-electron chi connectivity index (χ0n) is 13.6. The van der Waals surface area contributed by atoms with Crippen molar-refractivity contribution in [1.82, 2.24) is 9.88 Å². The second-order valence-corrected chi connectivity index (χ2v) is 5.28. The average molecular weight is 312 g/mol. The van der Waals surface area contributed by atoms with Crippen LogP contribution in [0.1, 0.15) is 25.1 Å². The molecule has 1 aromatic rings. The van der Waals surface area contributed by atoms with Crippen LogP contribution in [-0.2, 0) is 0 Å². The Hall–Kier alpha value is -1.42. The van der Waals surface area contributed by atoms with Crippen LogP contribution < -0.4 is 4.90 Å². The molecule has 0 aliphatic heterocycles. The summed E-state index contributed by atoms with van der Waals surface area (Å²) >= 11 is 0. The molecule has 21 heavy (non-hydrogen) atoms. The first-order valence-corrected chi connectivity index (χ1v) is 6.90. The van der Waals surface area contributed by atoms with E-state index in [2.05, 4.69) is 44.9 Å². The highest BCUT2D eigenvalue weighted by Gasteiger charge is 2.05. The molecule has 1 heterocycles. The topological polar surface area (TPSA) is 44.1 Å². The summed E-state index contributed by atoms with van der Waals surface area (Å²) in [4.78, 5) is 17.0. The van der Waals surface area contributed by atoms with Crippen LogP contribution in [-0.4, -0.2) is 57.2 Å². The van der Waals surface area contributed by atoms with Crippen LogP contribution in [0.2, 0.25) is 0 Å². The molecule has 0 N–H and O–H groups in total. The van der Waals surface area contributed by atoms with Gasteiger partial charge in [0.25, 0.3) is 0 Å². The second kappa shape index (κ2) is 10.3. The summed E-state index contributed by atoms with van der Waals surface area (Å²) in [6.07, 6.45) is 2.84. The summed E-state index contributed by atoms with van der Waals surface area (Å²) in [7, 11) is 8.14. The van der Waals surface area contributed by atoms with E-state index in [0.717, 1.165) is 30.9 Å². The van der Waals surface area contributed by atoms with Crippen molar-refractivity contribution in [3.05, 3.63) is 24.0 Å². The van der Waals surface area contributed by atoms with Crippen molar-refractivity contribution < 1.29 is 0 Å². The van der Waals surface area contributed by atoms with Gasteiger partial charge >= 0.3 is 0 Å². The number of pyridine rings is 1. The van der Waals surface area contributed by atoms with Gasteiger partial charge in [0.05, 0.1) is 18.2 Å². The Morgan fingerprint density at radius 1 is 1.29 bits per heavy atom. The largest absolute Gasteiger partial charge is 0.378 e. The number of aliphatic imine (C=N–C) groups is 2. The zero-order chi connectivity index (χ0) is 15.0. The predicted molar refractivity (Wildman–Crippen MR) is 92.1 cm³/mol. The lowest BCUT2D eigenvalue weighted by molar-refractivity contribution is 0.403. The molecule has 0 radical (unpaired) electrons. The highest BCUT2D eigenvalue weighted by Crippen LogP contribution is 2.18. The minimum absolute atomic E-state index is 0. The third-order valence-corrected chi connectivity index (χ3v) is 2.91. The Balaban J connectivity index is 0.00000400. The first-order valence-electron chi connectivity index (χ1n) is 6.90. The Labute approximate surface area is 134 Å². The molecule has 0 fully saturated rings. The average Bonchev–Trinajstić information content (AvgIpc) is 2.42. The first kappa shape index (κ1) is 19.6. The van der Waals surface area contributed by atoms with E-state index in [-0.39, 0.29) is 18.4 Å². The third-order valence-electron chi connectivity index (χ3n) is 2.91. The van der Waals surface area contributed by atoms with Crippen LogP contribution >= 0.6 is 12.4 Å². The van der Waals surface area contributed by atoms with E-state index >= 15 is 0 Å². The Bertz CT molecular complexity index is 467. The van der Waals surface area contributed by atoms with Crippen LogP contribution in [0.25, 0.3) is 0 Å². The Morgan fingerprint density at radius 2 is 2.00 bits per heavy atom. The summed E-state index contributed by atoms with van der Waals surface area (Å²) in [5.74, 6) is 0. The maximum absolute atomic E-state index is 4.35. The highest BCUT2D eigenvalue weighted by atomic mass is 35.5. The molecule has 0 saturated heterocycles. The summed E-state index contributed by atoms with van der Waals surface area (Å²) < 4.78 is 0. The zero-order valence-corrected chi connectivity index (χ0v) is 14.4. The summed E-state index contributed by atoms with van der Waals surface area (Å²) in [5.41, 5.74) is 2.06. The van der Waals surface area contributed by atoms with E-state index in [1.165, 1.54) is 0 Å². The van der Waals surface area contributed by atoms with E-state index in [1.54, 1.807) is 0 Å². The number of hydrogen-bond acceptors (Lipinski definition) is 5. The van der Waals surface area contributed by atoms with Crippen molar-refractivity contribution in [2.45, 2.75) is 19.4 Å². The highest BCUT2D eigenvalue weighted by molar-refractivity contribution is 5.85. The lowest BCUT2D eigenvalue weighted by atomic mass is 10.2. The summed E-state index contributed by atoms with van der Waals surface area (Å²) in [6.45, 7) is 3.80. The predicted octanol–water partition coefficient (Wildman–Crippen LogP) is 2.76. The Kier molecular flexibility index (Phi) is 9.63. The van der Waals surface area contributed by atoms with Crippen LogP contribution in [0.15, 0.2) is 28.3 Å². The molecule has 0 aliphatic rings. The van der Waals surface area contributed by atoms with Crippen molar-refractivity contribution in [2.24, 2.45) is 9.98 Å². The van der Waals surface area contributed by atoms with Crippen LogP contribution in [0, 0.1) is 0 Å². The standard InChI is InChI=1S/C15H25N5.ClH/c1-13(18-12-16-8-6-10-19(2)3)15-11-14(20(4)5)7-9-17-15;/h7,9,11,13H,6,8,10H2,1-5H3;1H. The molecule has 6 heteroatoms. The number of hydrogen-bond donors (Lipinski definition) is 0. The first-order chi connectivity index (χ1) is 9.50. The molecule has 0 aliphatic carbocycles. The molecular formula is C15H26ClN5. The smallest absolute Gasteiger partial charge is 0.100 e. The van der Waals surface area contributed by atoms with Gasteiger partial charge < -0.3 is 9.80 Å². The van der Waals surface area contributed by atoms with E-state index in [0.29, 0.717) is 0 Å². The minimum Gasteiger partial charge on any atom is -0.378 e. The van der Waals surface area contributed by atoms with Gasteiger partial charge in [0, 0.05) is 26.0 Å². The molecule has 1 unspecified atom stereocenters. The number of anilines is 1. The number of aromatic nitrogens is 1. The molecular weight excluding hydrogens is 286 g/mol. The number of rotatable bonds is 7. The molecule has 0 bridgehead atoms. The van der Waals surface area contributed by atoms with Gasteiger partial charge in [-0.1, -0.05) is 0 Å². The molecule has 5 nitrogen and oxygen atoms in total. The molecule has 0 aromatic carbocycles. The fraction of sp³-hybridized carbons (Fsp3) is 0.600. The molecule has 0 amide bonds. The maximum atomic E-state index is 4.35. The lowest BCUT2D eigenvalue weighted by Crippen LogP contribution is -2.13. The van der Waals surface area contributed by atoms with E-state index in [1.807, 2.05) is 39.3 Å². The Morgan fingerprint density at radius 3 is 2.62 bits per heavy atom. The van der Waals surface area contributed by atoms with E-state index in [4.69, 9.17) is 0 Å². The molecule has 1 rings (SSSR count). The van der Waals surface area contributed by atoms with Crippen molar-refractivity contribution in [3.8, 4) is 0 Å². The van der Waals surface area contributed by atoms with E-state index in [9.17, 15) is 0 Å². The van der Waals surface area contributed by atoms with E-state index < -0.39 is 0 Å². The van der Waals surface area contributed by atoms with Crippen LogP contribution in [0.5, 0.6) is 0 Å². The number of nitrogens with zero attached hydrogens (tertiary/aromatic N) is 5. The van der Waals surface area contributed by atoms with Gasteiger partial charge in [-0.2, -0.15) is 0 Å². The third kappa shape index (κ3) is 7.81. The molecule has 1 atom stereocenters. The van der Waals surface area contributed by atoms with Gasteiger partial charge in [0.2, 0.25) is 0 Å².